The van der Waals surface area contributed by atoms with Gasteiger partial charge in [-0.1, -0.05) is 11.6 Å². The molecule has 0 unspecified atom stereocenters. The van der Waals surface area contributed by atoms with E-state index in [2.05, 4.69) is 4.98 Å². The first-order valence-corrected chi connectivity index (χ1v) is 5.29. The quantitative estimate of drug-likeness (QED) is 0.644. The third-order valence-corrected chi connectivity index (χ3v) is 2.52. The van der Waals surface area contributed by atoms with E-state index in [9.17, 15) is 0 Å². The number of halogens is 2. The van der Waals surface area contributed by atoms with Crippen molar-refractivity contribution in [2.24, 2.45) is 0 Å². The molecule has 5 heteroatoms. The van der Waals surface area contributed by atoms with E-state index >= 15 is 0 Å². The molecule has 76 valence electrons. The minimum Gasteiger partial charge on any atom is -0.487 e. The molecule has 1 aliphatic carbocycles. The Morgan fingerprint density at radius 1 is 1.57 bits per heavy atom. The van der Waals surface area contributed by atoms with E-state index < -0.39 is 0 Å². The molecule has 2 rings (SSSR count). The molecular weight excluding hydrogens is 223 g/mol. The van der Waals surface area contributed by atoms with Gasteiger partial charge >= 0.3 is 0 Å². The lowest BCUT2D eigenvalue weighted by atomic mass is 10.3. The third kappa shape index (κ3) is 2.04. The SMILES string of the molecule is Nc1cc(OC2CC2)c(Cl)nc1CCl. The van der Waals surface area contributed by atoms with Crippen LogP contribution in [0, 0.1) is 0 Å². The van der Waals surface area contributed by atoms with Gasteiger partial charge in [0, 0.05) is 6.07 Å². The summed E-state index contributed by atoms with van der Waals surface area (Å²) in [5.74, 6) is 0.815. The first-order valence-electron chi connectivity index (χ1n) is 4.38. The number of alkyl halides is 1. The number of hydrogen-bond donors (Lipinski definition) is 1. The summed E-state index contributed by atoms with van der Waals surface area (Å²) in [4.78, 5) is 4.06. The normalized spacial score (nSPS) is 15.6. The van der Waals surface area contributed by atoms with Crippen molar-refractivity contribution >= 4 is 28.9 Å². The Bertz CT molecular complexity index is 353. The van der Waals surface area contributed by atoms with Crippen molar-refractivity contribution in [1.29, 1.82) is 0 Å². The van der Waals surface area contributed by atoms with Crippen LogP contribution in [0.5, 0.6) is 5.75 Å². The van der Waals surface area contributed by atoms with Crippen molar-refractivity contribution < 1.29 is 4.74 Å². The first kappa shape index (κ1) is 9.87. The van der Waals surface area contributed by atoms with Crippen molar-refractivity contribution in [3.05, 3.63) is 16.9 Å². The summed E-state index contributed by atoms with van der Waals surface area (Å²) in [5, 5.41) is 0.335. The molecule has 1 heterocycles. The molecule has 2 N–H and O–H groups in total. The maximum Gasteiger partial charge on any atom is 0.171 e. The maximum absolute atomic E-state index is 5.90. The second-order valence-corrected chi connectivity index (χ2v) is 3.89. The topological polar surface area (TPSA) is 48.1 Å². The van der Waals surface area contributed by atoms with Gasteiger partial charge in [-0.15, -0.1) is 11.6 Å². The lowest BCUT2D eigenvalue weighted by Crippen LogP contribution is -2.02. The Morgan fingerprint density at radius 3 is 2.86 bits per heavy atom. The van der Waals surface area contributed by atoms with E-state index in [-0.39, 0.29) is 12.0 Å². The van der Waals surface area contributed by atoms with Crippen molar-refractivity contribution in [1.82, 2.24) is 4.98 Å². The van der Waals surface area contributed by atoms with E-state index in [1.165, 1.54) is 0 Å². The summed E-state index contributed by atoms with van der Waals surface area (Å²) in [7, 11) is 0. The molecule has 1 fully saturated rings. The van der Waals surface area contributed by atoms with Gasteiger partial charge in [0.15, 0.2) is 10.9 Å². The van der Waals surface area contributed by atoms with Crippen LogP contribution in [0.4, 0.5) is 5.69 Å². The molecule has 0 aromatic carbocycles. The van der Waals surface area contributed by atoms with Gasteiger partial charge in [-0.05, 0) is 12.8 Å². The number of nitrogens with zero attached hydrogens (tertiary/aromatic N) is 1. The van der Waals surface area contributed by atoms with E-state index in [0.717, 1.165) is 12.8 Å². The second kappa shape index (κ2) is 3.83. The minimum absolute atomic E-state index is 0.259. The lowest BCUT2D eigenvalue weighted by Gasteiger charge is -2.08. The van der Waals surface area contributed by atoms with E-state index in [4.69, 9.17) is 33.7 Å². The largest absolute Gasteiger partial charge is 0.487 e. The molecule has 1 saturated carbocycles. The lowest BCUT2D eigenvalue weighted by molar-refractivity contribution is 0.302. The number of ether oxygens (including phenoxy) is 1. The van der Waals surface area contributed by atoms with Crippen LogP contribution in [-0.2, 0) is 5.88 Å². The summed E-state index contributed by atoms with van der Waals surface area (Å²) in [6.45, 7) is 0. The fraction of sp³-hybridized carbons (Fsp3) is 0.444. The molecule has 0 bridgehead atoms. The van der Waals surface area contributed by atoms with Crippen LogP contribution in [-0.4, -0.2) is 11.1 Å². The molecular formula is C9H10Cl2N2O. The number of rotatable bonds is 3. The van der Waals surface area contributed by atoms with Gasteiger partial charge in [-0.3, -0.25) is 0 Å². The summed E-state index contributed by atoms with van der Waals surface area (Å²) < 4.78 is 5.52. The summed E-state index contributed by atoms with van der Waals surface area (Å²) in [6.07, 6.45) is 2.44. The van der Waals surface area contributed by atoms with Gasteiger partial charge in [0.1, 0.15) is 0 Å². The Hall–Kier alpha value is -0.670. The van der Waals surface area contributed by atoms with Crippen LogP contribution in [0.3, 0.4) is 0 Å². The van der Waals surface area contributed by atoms with E-state index in [1.807, 2.05) is 0 Å². The Balaban J connectivity index is 2.26. The average molecular weight is 233 g/mol. The second-order valence-electron chi connectivity index (χ2n) is 3.26. The molecule has 0 spiro atoms. The number of pyridine rings is 1. The van der Waals surface area contributed by atoms with E-state index in [0.29, 0.717) is 22.3 Å². The molecule has 0 aliphatic heterocycles. The molecule has 0 atom stereocenters. The van der Waals surface area contributed by atoms with Gasteiger partial charge in [-0.25, -0.2) is 4.98 Å². The predicted molar refractivity (Wildman–Crippen MR) is 56.9 cm³/mol. The molecule has 1 aliphatic rings. The number of hydrogen-bond acceptors (Lipinski definition) is 3. The zero-order valence-electron chi connectivity index (χ0n) is 7.46. The highest BCUT2D eigenvalue weighted by Gasteiger charge is 2.25. The van der Waals surface area contributed by atoms with Crippen LogP contribution in [0.25, 0.3) is 0 Å². The summed E-state index contributed by atoms with van der Waals surface area (Å²) in [6, 6.07) is 1.69. The number of aromatic nitrogens is 1. The van der Waals surface area contributed by atoms with Crippen molar-refractivity contribution in [2.75, 3.05) is 5.73 Å². The van der Waals surface area contributed by atoms with Crippen LogP contribution in [0.1, 0.15) is 18.5 Å². The predicted octanol–water partition coefficient (Wildman–Crippen LogP) is 2.60. The highest BCUT2D eigenvalue weighted by Crippen LogP contribution is 2.33. The molecule has 0 radical (unpaired) electrons. The van der Waals surface area contributed by atoms with Gasteiger partial charge < -0.3 is 10.5 Å². The molecule has 14 heavy (non-hydrogen) atoms. The van der Waals surface area contributed by atoms with Gasteiger partial charge in [-0.2, -0.15) is 0 Å². The Kier molecular flexibility index (Phi) is 2.70. The molecule has 0 saturated heterocycles. The third-order valence-electron chi connectivity index (χ3n) is 2.00. The van der Waals surface area contributed by atoms with Gasteiger partial charge in [0.25, 0.3) is 0 Å². The summed E-state index contributed by atoms with van der Waals surface area (Å²) >= 11 is 11.5. The fourth-order valence-electron chi connectivity index (χ4n) is 1.08. The first-order chi connectivity index (χ1) is 6.70. The van der Waals surface area contributed by atoms with Crippen LogP contribution in [0.15, 0.2) is 6.07 Å². The van der Waals surface area contributed by atoms with E-state index in [1.54, 1.807) is 6.07 Å². The maximum atomic E-state index is 5.90. The summed E-state index contributed by atoms with van der Waals surface area (Å²) in [5.41, 5.74) is 6.84. The van der Waals surface area contributed by atoms with Crippen LogP contribution in [0.2, 0.25) is 5.15 Å². The molecule has 1 aromatic rings. The van der Waals surface area contributed by atoms with Crippen molar-refractivity contribution in [3.63, 3.8) is 0 Å². The Labute approximate surface area is 92.2 Å². The van der Waals surface area contributed by atoms with Crippen LogP contribution >= 0.6 is 23.2 Å². The van der Waals surface area contributed by atoms with Gasteiger partial charge in [0.05, 0.1) is 23.4 Å². The monoisotopic (exact) mass is 232 g/mol. The highest BCUT2D eigenvalue weighted by molar-refractivity contribution is 6.31. The highest BCUT2D eigenvalue weighted by atomic mass is 35.5. The number of nitrogens with two attached hydrogens (primary N) is 1. The smallest absolute Gasteiger partial charge is 0.171 e. The van der Waals surface area contributed by atoms with Crippen molar-refractivity contribution in [2.45, 2.75) is 24.8 Å². The zero-order valence-corrected chi connectivity index (χ0v) is 8.98. The zero-order chi connectivity index (χ0) is 10.1. The standard InChI is InChI=1S/C9H10Cl2N2O/c10-4-7-6(12)3-8(9(11)13-7)14-5-1-2-5/h3,5H,1-2,4,12H2. The molecule has 3 nitrogen and oxygen atoms in total. The van der Waals surface area contributed by atoms with Crippen molar-refractivity contribution in [3.8, 4) is 5.75 Å². The van der Waals surface area contributed by atoms with Gasteiger partial charge in [0.2, 0.25) is 0 Å². The minimum atomic E-state index is 0.259. The fourth-order valence-corrected chi connectivity index (χ4v) is 1.49. The number of nitrogen functional groups attached to an aromatic ring is 1. The van der Waals surface area contributed by atoms with Crippen LogP contribution < -0.4 is 10.5 Å². The molecule has 1 aromatic heterocycles. The molecule has 0 amide bonds. The number of anilines is 1. The average Bonchev–Trinajstić information content (AvgIpc) is 2.94. The Morgan fingerprint density at radius 2 is 2.29 bits per heavy atom.